The number of carbonyl (C=O) groups is 3. The molecule has 1 aromatic heterocycles. The lowest BCUT2D eigenvalue weighted by Crippen LogP contribution is -2.46. The maximum Gasteiger partial charge on any atom is 0.272 e. The monoisotopic (exact) mass is 307 g/mol. The molecule has 2 rings (SSSR count). The Bertz CT molecular complexity index is 554. The topological polar surface area (TPSA) is 116 Å². The van der Waals surface area contributed by atoms with Crippen molar-refractivity contribution in [1.82, 2.24) is 25.9 Å². The second-order valence-electron chi connectivity index (χ2n) is 5.19. The summed E-state index contributed by atoms with van der Waals surface area (Å²) in [6.45, 7) is 3.08. The summed E-state index contributed by atoms with van der Waals surface area (Å²) in [5.41, 5.74) is 0.116. The number of amides is 3. The van der Waals surface area contributed by atoms with Gasteiger partial charge in [0.1, 0.15) is 11.7 Å². The predicted octanol–water partition coefficient (Wildman–Crippen LogP) is -0.0520. The predicted molar refractivity (Wildman–Crippen MR) is 79.3 cm³/mol. The smallest absolute Gasteiger partial charge is 0.272 e. The lowest BCUT2D eigenvalue weighted by molar-refractivity contribution is -0.122. The Morgan fingerprint density at radius 3 is 2.95 bits per heavy atom. The van der Waals surface area contributed by atoms with Gasteiger partial charge in [0.05, 0.1) is 6.33 Å². The van der Waals surface area contributed by atoms with E-state index in [-0.39, 0.29) is 23.2 Å². The second kappa shape index (κ2) is 7.58. The van der Waals surface area contributed by atoms with Crippen LogP contribution < -0.4 is 16.0 Å². The normalized spacial score (nSPS) is 18.2. The summed E-state index contributed by atoms with van der Waals surface area (Å²) in [6, 6.07) is -0.585. The van der Waals surface area contributed by atoms with E-state index in [1.54, 1.807) is 0 Å². The van der Waals surface area contributed by atoms with Crippen LogP contribution in [0.4, 0.5) is 0 Å². The third-order valence-electron chi connectivity index (χ3n) is 3.46. The number of imidazole rings is 1. The molecule has 3 amide bonds. The van der Waals surface area contributed by atoms with Crippen LogP contribution in [-0.2, 0) is 4.79 Å². The van der Waals surface area contributed by atoms with E-state index in [9.17, 15) is 14.4 Å². The first-order valence-corrected chi connectivity index (χ1v) is 7.53. The van der Waals surface area contributed by atoms with Crippen molar-refractivity contribution < 1.29 is 14.4 Å². The molecule has 8 nitrogen and oxygen atoms in total. The zero-order valence-electron chi connectivity index (χ0n) is 12.6. The Kier molecular flexibility index (Phi) is 5.51. The molecule has 1 saturated heterocycles. The molecule has 22 heavy (non-hydrogen) atoms. The van der Waals surface area contributed by atoms with E-state index in [0.717, 1.165) is 19.3 Å². The Labute approximate surface area is 128 Å². The van der Waals surface area contributed by atoms with Gasteiger partial charge >= 0.3 is 0 Å². The van der Waals surface area contributed by atoms with Crippen LogP contribution in [0.15, 0.2) is 6.33 Å². The van der Waals surface area contributed by atoms with Crippen molar-refractivity contribution in [3.63, 3.8) is 0 Å². The van der Waals surface area contributed by atoms with E-state index < -0.39 is 11.9 Å². The van der Waals surface area contributed by atoms with Crippen molar-refractivity contribution in [2.24, 2.45) is 0 Å². The van der Waals surface area contributed by atoms with Gasteiger partial charge in [-0.15, -0.1) is 0 Å². The third kappa shape index (κ3) is 3.84. The number of rotatable bonds is 5. The molecule has 0 aliphatic carbocycles. The molecule has 8 heteroatoms. The minimum Gasteiger partial charge on any atom is -0.354 e. The fourth-order valence-corrected chi connectivity index (χ4v) is 2.27. The largest absolute Gasteiger partial charge is 0.354 e. The van der Waals surface area contributed by atoms with Crippen LogP contribution >= 0.6 is 0 Å². The van der Waals surface area contributed by atoms with Gasteiger partial charge in [-0.25, -0.2) is 4.98 Å². The molecular formula is C14H21N5O3. The van der Waals surface area contributed by atoms with Gasteiger partial charge in [0, 0.05) is 13.1 Å². The van der Waals surface area contributed by atoms with Crippen LogP contribution in [0.5, 0.6) is 0 Å². The highest BCUT2D eigenvalue weighted by Crippen LogP contribution is 2.08. The van der Waals surface area contributed by atoms with Crippen molar-refractivity contribution in [2.45, 2.75) is 38.6 Å². The summed E-state index contributed by atoms with van der Waals surface area (Å²) in [7, 11) is 0. The second-order valence-corrected chi connectivity index (χ2v) is 5.19. The molecule has 2 heterocycles. The number of aromatic amines is 1. The van der Waals surface area contributed by atoms with Crippen molar-refractivity contribution in [3.05, 3.63) is 17.7 Å². The average Bonchev–Trinajstić information content (AvgIpc) is 2.92. The maximum atomic E-state index is 12.3. The first kappa shape index (κ1) is 16.0. The first-order valence-electron chi connectivity index (χ1n) is 7.53. The molecule has 1 aliphatic rings. The van der Waals surface area contributed by atoms with E-state index in [1.165, 1.54) is 6.33 Å². The first-order chi connectivity index (χ1) is 10.6. The fraction of sp³-hybridized carbons (Fsp3) is 0.571. The summed E-state index contributed by atoms with van der Waals surface area (Å²) in [5, 5.41) is 8.08. The zero-order chi connectivity index (χ0) is 15.9. The Hall–Kier alpha value is -2.38. The minimum atomic E-state index is -0.585. The molecule has 0 radical (unpaired) electrons. The Balaban J connectivity index is 2.05. The van der Waals surface area contributed by atoms with Crippen molar-refractivity contribution in [1.29, 1.82) is 0 Å². The number of hydrogen-bond donors (Lipinski definition) is 4. The van der Waals surface area contributed by atoms with Gasteiger partial charge in [0.15, 0.2) is 5.69 Å². The molecule has 0 aromatic carbocycles. The van der Waals surface area contributed by atoms with Crippen LogP contribution in [-0.4, -0.2) is 46.8 Å². The van der Waals surface area contributed by atoms with Gasteiger partial charge in [0.25, 0.3) is 11.8 Å². The quantitative estimate of drug-likeness (QED) is 0.610. The highest BCUT2D eigenvalue weighted by molar-refractivity contribution is 6.05. The van der Waals surface area contributed by atoms with E-state index in [2.05, 4.69) is 25.9 Å². The standard InChI is InChI=1S/C14H21N5O3/c1-2-6-15-13(21)10-11(18-8-17-10)14(22)19-9-5-3-4-7-16-12(9)20/h8-9H,2-7H2,1H3,(H,15,21)(H,16,20)(H,17,18)(H,19,22). The maximum absolute atomic E-state index is 12.3. The van der Waals surface area contributed by atoms with Gasteiger partial charge in [-0.2, -0.15) is 0 Å². The number of hydrogen-bond acceptors (Lipinski definition) is 4. The molecule has 120 valence electrons. The molecule has 1 unspecified atom stereocenters. The van der Waals surface area contributed by atoms with Crippen LogP contribution in [0.2, 0.25) is 0 Å². The molecule has 1 aliphatic heterocycles. The molecule has 0 spiro atoms. The van der Waals surface area contributed by atoms with Crippen LogP contribution in [0, 0.1) is 0 Å². The molecule has 1 aromatic rings. The lowest BCUT2D eigenvalue weighted by Gasteiger charge is -2.14. The van der Waals surface area contributed by atoms with Gasteiger partial charge in [-0.3, -0.25) is 14.4 Å². The number of aromatic nitrogens is 2. The molecule has 1 fully saturated rings. The van der Waals surface area contributed by atoms with Crippen molar-refractivity contribution in [2.75, 3.05) is 13.1 Å². The fourth-order valence-electron chi connectivity index (χ4n) is 2.27. The van der Waals surface area contributed by atoms with E-state index in [4.69, 9.17) is 0 Å². The van der Waals surface area contributed by atoms with Gasteiger partial charge in [0.2, 0.25) is 5.91 Å². The summed E-state index contributed by atoms with van der Waals surface area (Å²) in [4.78, 5) is 42.7. The van der Waals surface area contributed by atoms with E-state index in [0.29, 0.717) is 19.5 Å². The summed E-state index contributed by atoms with van der Waals surface area (Å²) in [5.74, 6) is -1.10. The average molecular weight is 307 g/mol. The van der Waals surface area contributed by atoms with Gasteiger partial charge in [-0.1, -0.05) is 6.92 Å². The number of carbonyl (C=O) groups excluding carboxylic acids is 3. The van der Waals surface area contributed by atoms with Crippen LogP contribution in [0.1, 0.15) is 53.6 Å². The number of nitrogens with one attached hydrogen (secondary N) is 4. The molecular weight excluding hydrogens is 286 g/mol. The third-order valence-corrected chi connectivity index (χ3v) is 3.46. The zero-order valence-corrected chi connectivity index (χ0v) is 12.6. The van der Waals surface area contributed by atoms with E-state index in [1.807, 2.05) is 6.92 Å². The minimum absolute atomic E-state index is 0.00523. The van der Waals surface area contributed by atoms with Crippen molar-refractivity contribution >= 4 is 17.7 Å². The van der Waals surface area contributed by atoms with Crippen LogP contribution in [0.3, 0.4) is 0 Å². The van der Waals surface area contributed by atoms with Crippen molar-refractivity contribution in [3.8, 4) is 0 Å². The number of H-pyrrole nitrogens is 1. The van der Waals surface area contributed by atoms with Crippen LogP contribution in [0.25, 0.3) is 0 Å². The molecule has 0 saturated carbocycles. The SMILES string of the molecule is CCCNC(=O)c1[nH]cnc1C(=O)NC1CCCCNC1=O. The Morgan fingerprint density at radius 1 is 1.36 bits per heavy atom. The summed E-state index contributed by atoms with van der Waals surface area (Å²) < 4.78 is 0. The highest BCUT2D eigenvalue weighted by Gasteiger charge is 2.26. The molecule has 1 atom stereocenters. The summed E-state index contributed by atoms with van der Waals surface area (Å²) >= 11 is 0. The number of nitrogens with zero attached hydrogens (tertiary/aromatic N) is 1. The van der Waals surface area contributed by atoms with Gasteiger partial charge in [-0.05, 0) is 25.7 Å². The summed E-state index contributed by atoms with van der Waals surface area (Å²) in [6.07, 6.45) is 4.42. The molecule has 4 N–H and O–H groups in total. The Morgan fingerprint density at radius 2 is 2.18 bits per heavy atom. The van der Waals surface area contributed by atoms with Gasteiger partial charge < -0.3 is 20.9 Å². The lowest BCUT2D eigenvalue weighted by atomic mass is 10.1. The highest BCUT2D eigenvalue weighted by atomic mass is 16.2. The van der Waals surface area contributed by atoms with E-state index >= 15 is 0 Å². The molecule has 0 bridgehead atoms.